The Kier molecular flexibility index (Phi) is 5.69. The van der Waals surface area contributed by atoms with Crippen LogP contribution in [0.3, 0.4) is 0 Å². The van der Waals surface area contributed by atoms with Crippen LogP contribution in [0.25, 0.3) is 11.1 Å². The molecule has 0 unspecified atom stereocenters. The third-order valence-electron chi connectivity index (χ3n) is 4.51. The minimum atomic E-state index is -0.856. The lowest BCUT2D eigenvalue weighted by Gasteiger charge is -2.23. The highest BCUT2D eigenvalue weighted by molar-refractivity contribution is 7.80. The highest BCUT2D eigenvalue weighted by Gasteiger charge is 2.21. The summed E-state index contributed by atoms with van der Waals surface area (Å²) >= 11 is 12.3. The van der Waals surface area contributed by atoms with Crippen LogP contribution in [0.1, 0.15) is 0 Å². The molecule has 0 radical (unpaired) electrons. The van der Waals surface area contributed by atoms with Crippen LogP contribution < -0.4 is 15.9 Å². The molecule has 0 aliphatic heterocycles. The van der Waals surface area contributed by atoms with E-state index in [0.717, 1.165) is 11.1 Å². The molecular formula is C24H17Cl2OP. The van der Waals surface area contributed by atoms with Gasteiger partial charge in [-0.1, -0.05) is 89.9 Å². The van der Waals surface area contributed by atoms with Crippen LogP contribution in [0.5, 0.6) is 5.75 Å². The van der Waals surface area contributed by atoms with Crippen LogP contribution in [0, 0.1) is 0 Å². The Hall–Kier alpha value is -2.31. The number of benzene rings is 4. The van der Waals surface area contributed by atoms with E-state index in [1.54, 1.807) is 6.07 Å². The molecule has 138 valence electrons. The summed E-state index contributed by atoms with van der Waals surface area (Å²) in [4.78, 5) is 0. The Balaban J connectivity index is 1.94. The lowest BCUT2D eigenvalue weighted by atomic mass is 10.0. The van der Waals surface area contributed by atoms with Gasteiger partial charge < -0.3 is 5.11 Å². The summed E-state index contributed by atoms with van der Waals surface area (Å²) in [6.07, 6.45) is 0. The molecule has 4 heteroatoms. The lowest BCUT2D eigenvalue weighted by molar-refractivity contribution is 0.477. The fourth-order valence-electron chi connectivity index (χ4n) is 3.21. The van der Waals surface area contributed by atoms with Crippen LogP contribution >= 0.6 is 31.1 Å². The summed E-state index contributed by atoms with van der Waals surface area (Å²) in [7, 11) is -0.856. The average Bonchev–Trinajstić information content (AvgIpc) is 2.72. The quantitative estimate of drug-likeness (QED) is 0.392. The van der Waals surface area contributed by atoms with Crippen LogP contribution in [-0.2, 0) is 0 Å². The van der Waals surface area contributed by atoms with Crippen molar-refractivity contribution in [3.05, 3.63) is 107 Å². The molecule has 4 aromatic rings. The third kappa shape index (κ3) is 3.93. The van der Waals surface area contributed by atoms with E-state index in [4.69, 9.17) is 23.2 Å². The molecule has 1 nitrogen and oxygen atoms in total. The van der Waals surface area contributed by atoms with Crippen LogP contribution in [0.15, 0.2) is 97.1 Å². The van der Waals surface area contributed by atoms with Gasteiger partial charge in [0, 0.05) is 15.6 Å². The molecule has 1 N–H and O–H groups in total. The largest absolute Gasteiger partial charge is 0.507 e. The van der Waals surface area contributed by atoms with E-state index in [1.165, 1.54) is 15.9 Å². The first kappa shape index (κ1) is 19.0. The predicted molar refractivity (Wildman–Crippen MR) is 122 cm³/mol. The van der Waals surface area contributed by atoms with Gasteiger partial charge >= 0.3 is 0 Å². The van der Waals surface area contributed by atoms with Crippen LogP contribution in [-0.4, -0.2) is 5.11 Å². The fourth-order valence-corrected chi connectivity index (χ4v) is 5.88. The van der Waals surface area contributed by atoms with Crippen molar-refractivity contribution < 1.29 is 5.11 Å². The minimum absolute atomic E-state index is 0.275. The summed E-state index contributed by atoms with van der Waals surface area (Å²) in [5, 5.41) is 15.4. The molecule has 0 amide bonds. The topological polar surface area (TPSA) is 20.2 Å². The Morgan fingerprint density at radius 3 is 1.54 bits per heavy atom. The number of hydrogen-bond donors (Lipinski definition) is 1. The third-order valence-corrected chi connectivity index (χ3v) is 7.51. The summed E-state index contributed by atoms with van der Waals surface area (Å²) in [6.45, 7) is 0. The first-order valence-corrected chi connectivity index (χ1v) is 10.9. The van der Waals surface area contributed by atoms with Gasteiger partial charge in [0.15, 0.2) is 0 Å². The highest BCUT2D eigenvalue weighted by atomic mass is 35.5. The Bertz CT molecular complexity index is 1050. The Morgan fingerprint density at radius 1 is 0.536 bits per heavy atom. The molecule has 0 saturated carbocycles. The molecule has 28 heavy (non-hydrogen) atoms. The molecule has 0 aliphatic rings. The molecule has 0 spiro atoms. The fraction of sp³-hybridized carbons (Fsp3) is 0. The average molecular weight is 423 g/mol. The normalized spacial score (nSPS) is 11.0. The van der Waals surface area contributed by atoms with E-state index in [9.17, 15) is 5.11 Å². The van der Waals surface area contributed by atoms with Gasteiger partial charge in [0.1, 0.15) is 5.75 Å². The maximum absolute atomic E-state index is 10.5. The van der Waals surface area contributed by atoms with Gasteiger partial charge in [-0.2, -0.15) is 0 Å². The van der Waals surface area contributed by atoms with Crippen molar-refractivity contribution in [2.45, 2.75) is 0 Å². The van der Waals surface area contributed by atoms with E-state index in [0.29, 0.717) is 10.0 Å². The van der Waals surface area contributed by atoms with Crippen molar-refractivity contribution in [2.24, 2.45) is 0 Å². The standard InChI is InChI=1S/C24H17Cl2OP/c25-17-9-13-19(14-10-17)28(20-15-11-18(26)12-16-20)24-8-4-2-6-22(24)21-5-1-3-7-23(21)27/h1-16,27H. The number of phenolic OH excluding ortho intramolecular Hbond substituents is 1. The predicted octanol–water partition coefficient (Wildman–Crippen LogP) is 6.12. The van der Waals surface area contributed by atoms with E-state index >= 15 is 0 Å². The van der Waals surface area contributed by atoms with E-state index in [2.05, 4.69) is 36.4 Å². The van der Waals surface area contributed by atoms with Gasteiger partial charge in [0.25, 0.3) is 0 Å². The first-order valence-electron chi connectivity index (χ1n) is 8.82. The van der Waals surface area contributed by atoms with Gasteiger partial charge in [-0.15, -0.1) is 0 Å². The maximum Gasteiger partial charge on any atom is 0.123 e. The zero-order valence-corrected chi connectivity index (χ0v) is 17.3. The van der Waals surface area contributed by atoms with Crippen molar-refractivity contribution in [1.82, 2.24) is 0 Å². The van der Waals surface area contributed by atoms with Gasteiger partial charge in [-0.3, -0.25) is 0 Å². The maximum atomic E-state index is 10.5. The second-order valence-electron chi connectivity index (χ2n) is 6.32. The molecular weight excluding hydrogens is 406 g/mol. The molecule has 0 aliphatic carbocycles. The van der Waals surface area contributed by atoms with Crippen molar-refractivity contribution >= 4 is 47.0 Å². The molecule has 0 bridgehead atoms. The van der Waals surface area contributed by atoms with Crippen LogP contribution in [0.4, 0.5) is 0 Å². The summed E-state index contributed by atoms with van der Waals surface area (Å²) in [6, 6.07) is 31.7. The van der Waals surface area contributed by atoms with Crippen molar-refractivity contribution in [3.63, 3.8) is 0 Å². The second kappa shape index (κ2) is 8.37. The zero-order valence-electron chi connectivity index (χ0n) is 14.9. The number of phenols is 1. The van der Waals surface area contributed by atoms with Gasteiger partial charge in [0.2, 0.25) is 0 Å². The Morgan fingerprint density at radius 2 is 1.00 bits per heavy atom. The summed E-state index contributed by atoms with van der Waals surface area (Å²) in [5.41, 5.74) is 1.85. The Labute approximate surface area is 176 Å². The molecule has 4 aromatic carbocycles. The van der Waals surface area contributed by atoms with E-state index in [-0.39, 0.29) is 5.75 Å². The number of para-hydroxylation sites is 1. The van der Waals surface area contributed by atoms with Crippen molar-refractivity contribution in [2.75, 3.05) is 0 Å². The molecule has 0 atom stereocenters. The smallest absolute Gasteiger partial charge is 0.123 e. The second-order valence-corrected chi connectivity index (χ2v) is 9.38. The summed E-state index contributed by atoms with van der Waals surface area (Å²) in [5.74, 6) is 0.275. The number of hydrogen-bond acceptors (Lipinski definition) is 1. The summed E-state index contributed by atoms with van der Waals surface area (Å²) < 4.78 is 0. The number of halogens is 2. The zero-order chi connectivity index (χ0) is 19.5. The minimum Gasteiger partial charge on any atom is -0.507 e. The molecule has 0 saturated heterocycles. The van der Waals surface area contributed by atoms with E-state index < -0.39 is 7.92 Å². The first-order chi connectivity index (χ1) is 13.6. The van der Waals surface area contributed by atoms with Crippen molar-refractivity contribution in [3.8, 4) is 16.9 Å². The highest BCUT2D eigenvalue weighted by Crippen LogP contribution is 2.39. The number of rotatable bonds is 4. The van der Waals surface area contributed by atoms with Gasteiger partial charge in [-0.25, -0.2) is 0 Å². The monoisotopic (exact) mass is 422 g/mol. The SMILES string of the molecule is Oc1ccccc1-c1ccccc1P(c1ccc(Cl)cc1)c1ccc(Cl)cc1. The molecule has 4 rings (SSSR count). The molecule has 0 heterocycles. The van der Waals surface area contributed by atoms with Gasteiger partial charge in [0.05, 0.1) is 0 Å². The molecule has 0 aromatic heterocycles. The molecule has 0 fully saturated rings. The van der Waals surface area contributed by atoms with Crippen molar-refractivity contribution in [1.29, 1.82) is 0 Å². The number of aromatic hydroxyl groups is 1. The van der Waals surface area contributed by atoms with Crippen LogP contribution in [0.2, 0.25) is 10.0 Å². The van der Waals surface area contributed by atoms with Gasteiger partial charge in [-0.05, 0) is 59.7 Å². The lowest BCUT2D eigenvalue weighted by Crippen LogP contribution is -2.22. The van der Waals surface area contributed by atoms with E-state index in [1.807, 2.05) is 54.6 Å².